The van der Waals surface area contributed by atoms with Crippen LogP contribution in [-0.4, -0.2) is 36.3 Å². The molecule has 0 saturated carbocycles. The van der Waals surface area contributed by atoms with Gasteiger partial charge in [0.05, 0.1) is 0 Å². The minimum absolute atomic E-state index is 0.0440. The smallest absolute Gasteiger partial charge is 0.303 e. The number of H-pyrrole nitrogens is 1. The van der Waals surface area contributed by atoms with Crippen molar-refractivity contribution in [2.75, 3.05) is 0 Å². The average Bonchev–Trinajstić information content (AvgIpc) is 2.86. The highest BCUT2D eigenvalue weighted by Crippen LogP contribution is 2.17. The number of hydrogen-bond donors (Lipinski definition) is 2. The van der Waals surface area contributed by atoms with Crippen molar-refractivity contribution in [2.24, 2.45) is 5.92 Å². The van der Waals surface area contributed by atoms with E-state index in [1.165, 1.54) is 12.3 Å². The Morgan fingerprint density at radius 3 is 2.90 bits per heavy atom. The quantitative estimate of drug-likeness (QED) is 0.796. The Balaban J connectivity index is 2.22. The van der Waals surface area contributed by atoms with Crippen LogP contribution in [-0.2, 0) is 11.3 Å². The molecule has 0 bridgehead atoms. The van der Waals surface area contributed by atoms with Crippen LogP contribution in [0.2, 0.25) is 0 Å². The summed E-state index contributed by atoms with van der Waals surface area (Å²) in [5, 5.41) is 20.3. The Labute approximate surface area is 114 Å². The van der Waals surface area contributed by atoms with Crippen molar-refractivity contribution in [1.82, 2.24) is 25.2 Å². The van der Waals surface area contributed by atoms with E-state index in [2.05, 4.69) is 20.5 Å². The summed E-state index contributed by atoms with van der Waals surface area (Å²) in [4.78, 5) is 24.4. The number of nitrogens with zero attached hydrogens (tertiary/aromatic N) is 4. The lowest BCUT2D eigenvalue weighted by atomic mass is 10.0. The zero-order valence-corrected chi connectivity index (χ0v) is 11.0. The van der Waals surface area contributed by atoms with Gasteiger partial charge in [0.1, 0.15) is 0 Å². The van der Waals surface area contributed by atoms with Crippen molar-refractivity contribution in [3.63, 3.8) is 0 Å². The number of tetrazole rings is 1. The maximum absolute atomic E-state index is 11.0. The Kier molecular flexibility index (Phi) is 4.24. The van der Waals surface area contributed by atoms with E-state index in [0.717, 1.165) is 6.42 Å². The second kappa shape index (κ2) is 6.09. The lowest BCUT2D eigenvalue weighted by Gasteiger charge is -2.12. The van der Waals surface area contributed by atoms with Crippen LogP contribution in [0.15, 0.2) is 23.1 Å². The largest absolute Gasteiger partial charge is 0.481 e. The second-order valence-corrected chi connectivity index (χ2v) is 4.50. The van der Waals surface area contributed by atoms with Crippen LogP contribution in [0.5, 0.6) is 0 Å². The van der Waals surface area contributed by atoms with Crippen molar-refractivity contribution in [1.29, 1.82) is 0 Å². The van der Waals surface area contributed by atoms with Gasteiger partial charge in [0, 0.05) is 30.8 Å². The first-order valence-corrected chi connectivity index (χ1v) is 6.27. The fraction of sp³-hybridized carbons (Fsp3) is 0.417. The predicted octanol–water partition coefficient (Wildman–Crippen LogP) is 0.529. The summed E-state index contributed by atoms with van der Waals surface area (Å²) in [7, 11) is 0. The summed E-state index contributed by atoms with van der Waals surface area (Å²) in [5.74, 6) is -0.377. The van der Waals surface area contributed by atoms with Gasteiger partial charge in [-0.1, -0.05) is 13.3 Å². The Hall–Kier alpha value is -2.51. The number of rotatable bonds is 6. The molecule has 2 aromatic heterocycles. The molecular formula is C12H15N5O3. The van der Waals surface area contributed by atoms with Gasteiger partial charge < -0.3 is 10.1 Å². The van der Waals surface area contributed by atoms with Crippen LogP contribution < -0.4 is 5.56 Å². The fourth-order valence-electron chi connectivity index (χ4n) is 1.91. The molecule has 0 aliphatic rings. The predicted molar refractivity (Wildman–Crippen MR) is 69.9 cm³/mol. The number of aliphatic carboxylic acids is 1. The van der Waals surface area contributed by atoms with Crippen molar-refractivity contribution in [3.05, 3.63) is 28.7 Å². The number of carboxylic acids is 1. The SMILES string of the molecule is CCC(CC(=O)O)Cn1nnnc1-c1ccc(=O)[nH]c1. The molecule has 1 unspecified atom stereocenters. The van der Waals surface area contributed by atoms with Crippen LogP contribution in [0.3, 0.4) is 0 Å². The number of nitrogens with one attached hydrogen (secondary N) is 1. The molecule has 20 heavy (non-hydrogen) atoms. The maximum atomic E-state index is 11.0. The molecule has 106 valence electrons. The van der Waals surface area contributed by atoms with Gasteiger partial charge in [-0.15, -0.1) is 5.10 Å². The summed E-state index contributed by atoms with van der Waals surface area (Å²) >= 11 is 0. The van der Waals surface area contributed by atoms with Crippen molar-refractivity contribution in [3.8, 4) is 11.4 Å². The Bertz CT molecular complexity index is 628. The lowest BCUT2D eigenvalue weighted by Crippen LogP contribution is -2.16. The van der Waals surface area contributed by atoms with Gasteiger partial charge in [-0.25, -0.2) is 4.68 Å². The monoisotopic (exact) mass is 277 g/mol. The average molecular weight is 277 g/mol. The van der Waals surface area contributed by atoms with Crippen molar-refractivity contribution < 1.29 is 9.90 Å². The number of pyridine rings is 1. The molecule has 1 atom stereocenters. The van der Waals surface area contributed by atoms with Crippen LogP contribution in [0.1, 0.15) is 19.8 Å². The van der Waals surface area contributed by atoms with E-state index in [0.29, 0.717) is 17.9 Å². The first kappa shape index (κ1) is 13.9. The molecular weight excluding hydrogens is 262 g/mol. The van der Waals surface area contributed by atoms with Gasteiger partial charge in [-0.2, -0.15) is 0 Å². The zero-order chi connectivity index (χ0) is 14.5. The molecule has 0 fully saturated rings. The number of carboxylic acid groups (broad SMARTS) is 1. The van der Waals surface area contributed by atoms with E-state index in [4.69, 9.17) is 5.11 Å². The standard InChI is InChI=1S/C12H15N5O3/c1-2-8(5-11(19)20)7-17-12(14-15-16-17)9-3-4-10(18)13-6-9/h3-4,6,8H,2,5,7H2,1H3,(H,13,18)(H,19,20). The first-order valence-electron chi connectivity index (χ1n) is 6.27. The molecule has 0 saturated heterocycles. The van der Waals surface area contributed by atoms with E-state index < -0.39 is 5.97 Å². The third-order valence-electron chi connectivity index (χ3n) is 3.05. The Morgan fingerprint density at radius 2 is 2.30 bits per heavy atom. The van der Waals surface area contributed by atoms with E-state index in [1.807, 2.05) is 6.92 Å². The fourth-order valence-corrected chi connectivity index (χ4v) is 1.91. The summed E-state index contributed by atoms with van der Waals surface area (Å²) < 4.78 is 1.56. The first-order chi connectivity index (χ1) is 9.60. The van der Waals surface area contributed by atoms with Gasteiger partial charge in [0.25, 0.3) is 0 Å². The Morgan fingerprint density at radius 1 is 1.50 bits per heavy atom. The van der Waals surface area contributed by atoms with E-state index in [1.54, 1.807) is 10.7 Å². The molecule has 8 heteroatoms. The van der Waals surface area contributed by atoms with Crippen molar-refractivity contribution in [2.45, 2.75) is 26.3 Å². The second-order valence-electron chi connectivity index (χ2n) is 4.50. The lowest BCUT2D eigenvalue weighted by molar-refractivity contribution is -0.138. The highest BCUT2D eigenvalue weighted by molar-refractivity contribution is 5.67. The summed E-state index contributed by atoms with van der Waals surface area (Å²) in [6.45, 7) is 2.35. The van der Waals surface area contributed by atoms with Crippen LogP contribution in [0, 0.1) is 5.92 Å². The van der Waals surface area contributed by atoms with Gasteiger partial charge in [-0.3, -0.25) is 9.59 Å². The van der Waals surface area contributed by atoms with E-state index in [9.17, 15) is 9.59 Å². The van der Waals surface area contributed by atoms with Crippen molar-refractivity contribution >= 4 is 5.97 Å². The van der Waals surface area contributed by atoms with Crippen LogP contribution >= 0.6 is 0 Å². The molecule has 0 aromatic carbocycles. The van der Waals surface area contributed by atoms with Gasteiger partial charge >= 0.3 is 5.97 Å². The zero-order valence-electron chi connectivity index (χ0n) is 11.0. The maximum Gasteiger partial charge on any atom is 0.303 e. The van der Waals surface area contributed by atoms with E-state index >= 15 is 0 Å². The molecule has 0 spiro atoms. The number of hydrogen-bond acceptors (Lipinski definition) is 5. The van der Waals surface area contributed by atoms with Gasteiger partial charge in [-0.05, 0) is 22.4 Å². The topological polar surface area (TPSA) is 114 Å². The summed E-state index contributed by atoms with van der Waals surface area (Å²) in [6.07, 6.45) is 2.32. The molecule has 0 aliphatic carbocycles. The molecule has 2 heterocycles. The van der Waals surface area contributed by atoms with Gasteiger partial charge in [0.2, 0.25) is 5.56 Å². The number of carbonyl (C=O) groups is 1. The van der Waals surface area contributed by atoms with Crippen LogP contribution in [0.25, 0.3) is 11.4 Å². The minimum atomic E-state index is -0.837. The van der Waals surface area contributed by atoms with Crippen LogP contribution in [0.4, 0.5) is 0 Å². The van der Waals surface area contributed by atoms with Gasteiger partial charge in [0.15, 0.2) is 5.82 Å². The molecule has 0 amide bonds. The summed E-state index contributed by atoms with van der Waals surface area (Å²) in [5.41, 5.74) is 0.477. The molecule has 0 radical (unpaired) electrons. The molecule has 0 aliphatic heterocycles. The minimum Gasteiger partial charge on any atom is -0.481 e. The molecule has 2 rings (SSSR count). The number of aromatic nitrogens is 5. The highest BCUT2D eigenvalue weighted by Gasteiger charge is 2.16. The number of aromatic amines is 1. The molecule has 8 nitrogen and oxygen atoms in total. The highest BCUT2D eigenvalue weighted by atomic mass is 16.4. The third-order valence-corrected chi connectivity index (χ3v) is 3.05. The molecule has 2 N–H and O–H groups in total. The third kappa shape index (κ3) is 3.28. The van der Waals surface area contributed by atoms with E-state index in [-0.39, 0.29) is 17.9 Å². The normalized spacial score (nSPS) is 12.2. The summed E-state index contributed by atoms with van der Waals surface area (Å²) in [6, 6.07) is 3.02. The molecule has 2 aromatic rings.